The van der Waals surface area contributed by atoms with Crippen LogP contribution in [0.5, 0.6) is 11.5 Å². The van der Waals surface area contributed by atoms with Gasteiger partial charge in [0.2, 0.25) is 0 Å². The zero-order valence-corrected chi connectivity index (χ0v) is 14.4. The first kappa shape index (κ1) is 17.1. The van der Waals surface area contributed by atoms with Crippen molar-refractivity contribution in [1.82, 2.24) is 9.88 Å². The van der Waals surface area contributed by atoms with Gasteiger partial charge in [0, 0.05) is 32.4 Å². The minimum atomic E-state index is -0.00743. The van der Waals surface area contributed by atoms with E-state index >= 15 is 0 Å². The lowest BCUT2D eigenvalue weighted by molar-refractivity contribution is -0.133. The zero-order valence-electron chi connectivity index (χ0n) is 14.4. The van der Waals surface area contributed by atoms with E-state index in [0.717, 1.165) is 18.9 Å². The molecule has 3 rings (SSSR count). The summed E-state index contributed by atoms with van der Waals surface area (Å²) in [5.74, 6) is 2.21. The van der Waals surface area contributed by atoms with Gasteiger partial charge in [0.1, 0.15) is 5.82 Å². The molecule has 1 saturated heterocycles. The molecule has 132 valence electrons. The Morgan fingerprint density at radius 3 is 2.32 bits per heavy atom. The van der Waals surface area contributed by atoms with Crippen molar-refractivity contribution < 1.29 is 14.3 Å². The number of benzene rings is 1. The number of ether oxygens (including phenoxy) is 2. The molecule has 1 fully saturated rings. The van der Waals surface area contributed by atoms with Crippen molar-refractivity contribution in [1.29, 1.82) is 0 Å². The molecule has 6 heteroatoms. The molecule has 0 spiro atoms. The lowest BCUT2D eigenvalue weighted by atomic mass is 10.3. The largest absolute Gasteiger partial charge is 0.490 e. The standard InChI is InChI=1S/C19H23N3O3/c1-2-24-16-7-3-4-8-17(16)25-15-19(23)22-13-11-21(12-14-22)18-9-5-6-10-20-18/h3-10H,2,11-15H2,1H3. The Labute approximate surface area is 148 Å². The lowest BCUT2D eigenvalue weighted by Crippen LogP contribution is -2.50. The quantitative estimate of drug-likeness (QED) is 0.806. The van der Waals surface area contributed by atoms with Gasteiger partial charge in [-0.1, -0.05) is 18.2 Å². The molecule has 0 unspecified atom stereocenters. The highest BCUT2D eigenvalue weighted by atomic mass is 16.5. The van der Waals surface area contributed by atoms with Crippen LogP contribution in [0.1, 0.15) is 6.92 Å². The number of carbonyl (C=O) groups is 1. The Morgan fingerprint density at radius 2 is 1.68 bits per heavy atom. The van der Waals surface area contributed by atoms with Gasteiger partial charge in [-0.3, -0.25) is 4.79 Å². The average molecular weight is 341 g/mol. The van der Waals surface area contributed by atoms with Gasteiger partial charge in [0.05, 0.1) is 6.61 Å². The zero-order chi connectivity index (χ0) is 17.5. The summed E-state index contributed by atoms with van der Waals surface area (Å²) in [7, 11) is 0. The molecule has 2 heterocycles. The van der Waals surface area contributed by atoms with Crippen molar-refractivity contribution in [2.24, 2.45) is 0 Å². The second-order valence-electron chi connectivity index (χ2n) is 5.72. The first-order chi connectivity index (χ1) is 12.3. The van der Waals surface area contributed by atoms with Crippen LogP contribution in [0.25, 0.3) is 0 Å². The molecule has 0 saturated carbocycles. The van der Waals surface area contributed by atoms with Crippen LogP contribution in [0.2, 0.25) is 0 Å². The Balaban J connectivity index is 1.50. The minimum Gasteiger partial charge on any atom is -0.490 e. The Bertz CT molecular complexity index is 685. The lowest BCUT2D eigenvalue weighted by Gasteiger charge is -2.35. The van der Waals surface area contributed by atoms with Crippen LogP contribution < -0.4 is 14.4 Å². The number of rotatable bonds is 6. The highest BCUT2D eigenvalue weighted by molar-refractivity contribution is 5.78. The predicted octanol–water partition coefficient (Wildman–Crippen LogP) is 2.21. The number of hydrogen-bond donors (Lipinski definition) is 0. The van der Waals surface area contributed by atoms with Crippen molar-refractivity contribution in [2.75, 3.05) is 44.3 Å². The number of nitrogens with zero attached hydrogens (tertiary/aromatic N) is 3. The van der Waals surface area contributed by atoms with E-state index < -0.39 is 0 Å². The van der Waals surface area contributed by atoms with Gasteiger partial charge in [-0.2, -0.15) is 0 Å². The van der Waals surface area contributed by atoms with Gasteiger partial charge in [-0.05, 0) is 31.2 Å². The number of amides is 1. The van der Waals surface area contributed by atoms with Gasteiger partial charge in [-0.25, -0.2) is 4.98 Å². The summed E-state index contributed by atoms with van der Waals surface area (Å²) in [5, 5.41) is 0. The van der Waals surface area contributed by atoms with Crippen LogP contribution >= 0.6 is 0 Å². The van der Waals surface area contributed by atoms with Crippen LogP contribution in [0.4, 0.5) is 5.82 Å². The summed E-state index contributed by atoms with van der Waals surface area (Å²) in [6, 6.07) is 13.3. The fourth-order valence-corrected chi connectivity index (χ4v) is 2.80. The molecule has 2 aromatic rings. The Kier molecular flexibility index (Phi) is 5.72. The number of piperazine rings is 1. The van der Waals surface area contributed by atoms with Crippen molar-refractivity contribution in [2.45, 2.75) is 6.92 Å². The van der Waals surface area contributed by atoms with Crippen molar-refractivity contribution in [3.8, 4) is 11.5 Å². The van der Waals surface area contributed by atoms with E-state index in [-0.39, 0.29) is 12.5 Å². The first-order valence-corrected chi connectivity index (χ1v) is 8.56. The van der Waals surface area contributed by atoms with E-state index in [1.165, 1.54) is 0 Å². The molecule has 1 aromatic carbocycles. The van der Waals surface area contributed by atoms with E-state index in [4.69, 9.17) is 9.47 Å². The molecular weight excluding hydrogens is 318 g/mol. The van der Waals surface area contributed by atoms with Gasteiger partial charge >= 0.3 is 0 Å². The fraction of sp³-hybridized carbons (Fsp3) is 0.368. The summed E-state index contributed by atoms with van der Waals surface area (Å²) in [5.41, 5.74) is 0. The first-order valence-electron chi connectivity index (χ1n) is 8.56. The fourth-order valence-electron chi connectivity index (χ4n) is 2.80. The molecule has 1 aliphatic rings. The maximum Gasteiger partial charge on any atom is 0.260 e. The molecule has 1 aliphatic heterocycles. The van der Waals surface area contributed by atoms with E-state index in [1.807, 2.05) is 54.3 Å². The van der Waals surface area contributed by atoms with Crippen molar-refractivity contribution in [3.05, 3.63) is 48.7 Å². The normalized spacial score (nSPS) is 14.3. The molecule has 0 atom stereocenters. The summed E-state index contributed by atoms with van der Waals surface area (Å²) < 4.78 is 11.2. The van der Waals surface area contributed by atoms with Crippen molar-refractivity contribution >= 4 is 11.7 Å². The van der Waals surface area contributed by atoms with E-state index in [9.17, 15) is 4.79 Å². The third-order valence-electron chi connectivity index (χ3n) is 4.11. The molecule has 25 heavy (non-hydrogen) atoms. The number of para-hydroxylation sites is 2. The highest BCUT2D eigenvalue weighted by Gasteiger charge is 2.22. The predicted molar refractivity (Wildman–Crippen MR) is 96.1 cm³/mol. The third-order valence-corrected chi connectivity index (χ3v) is 4.11. The smallest absolute Gasteiger partial charge is 0.260 e. The number of hydrogen-bond acceptors (Lipinski definition) is 5. The van der Waals surface area contributed by atoms with E-state index in [2.05, 4.69) is 9.88 Å². The molecular formula is C19H23N3O3. The van der Waals surface area contributed by atoms with Crippen LogP contribution in [-0.2, 0) is 4.79 Å². The van der Waals surface area contributed by atoms with Crippen LogP contribution in [0.3, 0.4) is 0 Å². The minimum absolute atomic E-state index is 0.00743. The average Bonchev–Trinajstić information content (AvgIpc) is 2.68. The van der Waals surface area contributed by atoms with E-state index in [1.54, 1.807) is 6.20 Å². The third kappa shape index (κ3) is 4.41. The SMILES string of the molecule is CCOc1ccccc1OCC(=O)N1CCN(c2ccccn2)CC1. The molecule has 1 amide bonds. The van der Waals surface area contributed by atoms with Crippen LogP contribution in [-0.4, -0.2) is 55.2 Å². The second kappa shape index (κ2) is 8.37. The number of aromatic nitrogens is 1. The number of carbonyl (C=O) groups excluding carboxylic acids is 1. The summed E-state index contributed by atoms with van der Waals surface area (Å²) in [6.07, 6.45) is 1.79. The molecule has 6 nitrogen and oxygen atoms in total. The second-order valence-corrected chi connectivity index (χ2v) is 5.72. The Hall–Kier alpha value is -2.76. The summed E-state index contributed by atoms with van der Waals surface area (Å²) in [6.45, 7) is 5.40. The van der Waals surface area contributed by atoms with Gasteiger partial charge in [0.25, 0.3) is 5.91 Å². The molecule has 1 aromatic heterocycles. The van der Waals surface area contributed by atoms with Crippen molar-refractivity contribution in [3.63, 3.8) is 0 Å². The monoisotopic (exact) mass is 341 g/mol. The van der Waals surface area contributed by atoms with Gasteiger partial charge in [-0.15, -0.1) is 0 Å². The van der Waals surface area contributed by atoms with Gasteiger partial charge < -0.3 is 19.3 Å². The molecule has 0 N–H and O–H groups in total. The molecule has 0 bridgehead atoms. The molecule has 0 aliphatic carbocycles. The van der Waals surface area contributed by atoms with Gasteiger partial charge in [0.15, 0.2) is 18.1 Å². The summed E-state index contributed by atoms with van der Waals surface area (Å²) >= 11 is 0. The van der Waals surface area contributed by atoms with E-state index in [0.29, 0.717) is 31.2 Å². The maximum atomic E-state index is 12.4. The number of anilines is 1. The van der Waals surface area contributed by atoms with Crippen LogP contribution in [0.15, 0.2) is 48.7 Å². The number of pyridine rings is 1. The highest BCUT2D eigenvalue weighted by Crippen LogP contribution is 2.26. The molecule has 0 radical (unpaired) electrons. The van der Waals surface area contributed by atoms with Crippen LogP contribution in [0, 0.1) is 0 Å². The maximum absolute atomic E-state index is 12.4. The topological polar surface area (TPSA) is 54.9 Å². The summed E-state index contributed by atoms with van der Waals surface area (Å²) in [4.78, 5) is 20.8. The Morgan fingerprint density at radius 1 is 1.00 bits per heavy atom.